The van der Waals surface area contributed by atoms with Crippen molar-refractivity contribution in [2.24, 2.45) is 11.3 Å². The van der Waals surface area contributed by atoms with Gasteiger partial charge in [-0.25, -0.2) is 4.39 Å². The zero-order valence-corrected chi connectivity index (χ0v) is 13.3. The fourth-order valence-electron chi connectivity index (χ4n) is 3.12. The Morgan fingerprint density at radius 2 is 2.18 bits per heavy atom. The summed E-state index contributed by atoms with van der Waals surface area (Å²) in [5.41, 5.74) is 0.532. The molecule has 2 rings (SSSR count). The van der Waals surface area contributed by atoms with Crippen LogP contribution in [0.3, 0.4) is 0 Å². The number of aliphatic hydroxyl groups excluding tert-OH is 1. The van der Waals surface area contributed by atoms with Crippen molar-refractivity contribution < 1.29 is 14.3 Å². The fourth-order valence-corrected chi connectivity index (χ4v) is 3.12. The molecule has 1 aliphatic rings. The minimum Gasteiger partial charge on any atom is -0.385 e. The molecule has 1 saturated carbocycles. The Morgan fingerprint density at radius 3 is 2.68 bits per heavy atom. The van der Waals surface area contributed by atoms with E-state index in [0.29, 0.717) is 5.69 Å². The first-order valence-corrected chi connectivity index (χ1v) is 8.09. The van der Waals surface area contributed by atoms with Crippen LogP contribution in [0.25, 0.3) is 0 Å². The highest BCUT2D eigenvalue weighted by molar-refractivity contribution is 5.80. The Hall–Kier alpha value is -1.49. The maximum absolute atomic E-state index is 12.8. The van der Waals surface area contributed by atoms with Gasteiger partial charge in [0.05, 0.1) is 11.9 Å². The first-order chi connectivity index (χ1) is 10.5. The summed E-state index contributed by atoms with van der Waals surface area (Å²) in [4.78, 5) is 16.3. The van der Waals surface area contributed by atoms with E-state index in [1.165, 1.54) is 12.1 Å². The van der Waals surface area contributed by atoms with Crippen molar-refractivity contribution in [1.82, 2.24) is 10.3 Å². The van der Waals surface area contributed by atoms with Crippen molar-refractivity contribution in [3.8, 4) is 0 Å². The minimum atomic E-state index is -0.913. The minimum absolute atomic E-state index is 0.0161. The van der Waals surface area contributed by atoms with E-state index in [-0.39, 0.29) is 23.8 Å². The van der Waals surface area contributed by atoms with Gasteiger partial charge in [0, 0.05) is 12.5 Å². The third-order valence-electron chi connectivity index (χ3n) is 4.79. The molecular formula is C17H25FN2O2. The number of aromatic nitrogens is 1. The molecule has 1 aliphatic carbocycles. The first-order valence-electron chi connectivity index (χ1n) is 8.09. The number of hydrogen-bond acceptors (Lipinski definition) is 3. The summed E-state index contributed by atoms with van der Waals surface area (Å²) in [5, 5.41) is 12.9. The molecule has 1 unspecified atom stereocenters. The van der Waals surface area contributed by atoms with Crippen molar-refractivity contribution in [2.45, 2.75) is 52.1 Å². The molecular weight excluding hydrogens is 283 g/mol. The second kappa shape index (κ2) is 7.18. The van der Waals surface area contributed by atoms with Crippen molar-refractivity contribution >= 4 is 5.91 Å². The molecule has 0 bridgehead atoms. The number of pyridine rings is 1. The third kappa shape index (κ3) is 3.83. The molecule has 0 aromatic carbocycles. The molecule has 0 aliphatic heterocycles. The van der Waals surface area contributed by atoms with Gasteiger partial charge in [-0.15, -0.1) is 0 Å². The van der Waals surface area contributed by atoms with Gasteiger partial charge in [-0.3, -0.25) is 9.78 Å². The maximum atomic E-state index is 12.8. The second-order valence-corrected chi connectivity index (χ2v) is 6.22. The van der Waals surface area contributed by atoms with Gasteiger partial charge in [-0.1, -0.05) is 20.3 Å². The Labute approximate surface area is 131 Å². The van der Waals surface area contributed by atoms with E-state index < -0.39 is 11.9 Å². The highest BCUT2D eigenvalue weighted by atomic mass is 19.1. The van der Waals surface area contributed by atoms with Gasteiger partial charge in [0.1, 0.15) is 11.9 Å². The molecule has 122 valence electrons. The molecule has 1 amide bonds. The molecule has 1 aromatic rings. The van der Waals surface area contributed by atoms with Gasteiger partial charge < -0.3 is 10.4 Å². The van der Waals surface area contributed by atoms with Gasteiger partial charge in [0.15, 0.2) is 0 Å². The molecule has 2 atom stereocenters. The number of amides is 1. The molecule has 5 heteroatoms. The number of carbonyl (C=O) groups is 1. The largest absolute Gasteiger partial charge is 0.385 e. The molecule has 1 heterocycles. The van der Waals surface area contributed by atoms with E-state index in [0.717, 1.165) is 38.3 Å². The van der Waals surface area contributed by atoms with Crippen molar-refractivity contribution in [2.75, 3.05) is 6.54 Å². The van der Waals surface area contributed by atoms with Gasteiger partial charge in [-0.05, 0) is 43.2 Å². The van der Waals surface area contributed by atoms with Crippen LogP contribution in [-0.2, 0) is 4.79 Å². The van der Waals surface area contributed by atoms with Crippen LogP contribution in [-0.4, -0.2) is 22.5 Å². The van der Waals surface area contributed by atoms with E-state index in [1.807, 2.05) is 0 Å². The van der Waals surface area contributed by atoms with Crippen LogP contribution in [0.2, 0.25) is 0 Å². The third-order valence-corrected chi connectivity index (χ3v) is 4.79. The Bertz CT molecular complexity index is 500. The SMILES string of the molecule is CCC[C@H](C(=O)NCC(O)c1ccc(F)cn1)C1(CC)CC1. The highest BCUT2D eigenvalue weighted by Gasteiger charge is 2.49. The fraction of sp³-hybridized carbons (Fsp3) is 0.647. The van der Waals surface area contributed by atoms with Gasteiger partial charge >= 0.3 is 0 Å². The second-order valence-electron chi connectivity index (χ2n) is 6.22. The smallest absolute Gasteiger partial charge is 0.223 e. The summed E-state index contributed by atoms with van der Waals surface area (Å²) in [5.74, 6) is -0.403. The van der Waals surface area contributed by atoms with Crippen molar-refractivity contribution in [1.29, 1.82) is 0 Å². The van der Waals surface area contributed by atoms with Crippen molar-refractivity contribution in [3.63, 3.8) is 0 Å². The quantitative estimate of drug-likeness (QED) is 0.776. The number of carbonyl (C=O) groups excluding carboxylic acids is 1. The molecule has 0 spiro atoms. The zero-order valence-electron chi connectivity index (χ0n) is 13.3. The molecule has 2 N–H and O–H groups in total. The van der Waals surface area contributed by atoms with E-state index in [2.05, 4.69) is 24.1 Å². The van der Waals surface area contributed by atoms with Gasteiger partial charge in [0.25, 0.3) is 0 Å². The summed E-state index contributed by atoms with van der Waals surface area (Å²) >= 11 is 0. The van der Waals surface area contributed by atoms with Crippen LogP contribution in [0, 0.1) is 17.2 Å². The molecule has 1 fully saturated rings. The van der Waals surface area contributed by atoms with Crippen LogP contribution in [0.1, 0.15) is 57.7 Å². The lowest BCUT2D eigenvalue weighted by Crippen LogP contribution is -2.38. The average Bonchev–Trinajstić information content (AvgIpc) is 3.31. The predicted molar refractivity (Wildman–Crippen MR) is 82.5 cm³/mol. The van der Waals surface area contributed by atoms with Crippen LogP contribution in [0.15, 0.2) is 18.3 Å². The van der Waals surface area contributed by atoms with Crippen LogP contribution >= 0.6 is 0 Å². The lowest BCUT2D eigenvalue weighted by Gasteiger charge is -2.25. The number of rotatable bonds is 8. The molecule has 1 aromatic heterocycles. The maximum Gasteiger partial charge on any atom is 0.223 e. The molecule has 4 nitrogen and oxygen atoms in total. The predicted octanol–water partition coefficient (Wildman–Crippen LogP) is 2.98. The van der Waals surface area contributed by atoms with Crippen LogP contribution < -0.4 is 5.32 Å². The summed E-state index contributed by atoms with van der Waals surface area (Å²) in [6.07, 6.45) is 5.26. The zero-order chi connectivity index (χ0) is 16.2. The molecule has 0 saturated heterocycles. The topological polar surface area (TPSA) is 62.2 Å². The molecule has 22 heavy (non-hydrogen) atoms. The van der Waals surface area contributed by atoms with Gasteiger partial charge in [-0.2, -0.15) is 0 Å². The number of nitrogens with one attached hydrogen (secondary N) is 1. The Balaban J connectivity index is 1.91. The van der Waals surface area contributed by atoms with E-state index >= 15 is 0 Å². The van der Waals surface area contributed by atoms with Gasteiger partial charge in [0.2, 0.25) is 5.91 Å². The van der Waals surface area contributed by atoms with E-state index in [1.54, 1.807) is 0 Å². The standard InChI is InChI=1S/C17H25FN2O2/c1-3-5-13(17(4-2)8-9-17)16(22)20-11-15(21)14-7-6-12(18)10-19-14/h6-7,10,13,15,21H,3-5,8-9,11H2,1-2H3,(H,20,22)/t13-,15?/m1/s1. The summed E-state index contributed by atoms with van der Waals surface area (Å²) < 4.78 is 12.8. The Morgan fingerprint density at radius 1 is 1.45 bits per heavy atom. The average molecular weight is 308 g/mol. The summed E-state index contributed by atoms with van der Waals surface area (Å²) in [6.45, 7) is 4.33. The van der Waals surface area contributed by atoms with Crippen molar-refractivity contribution in [3.05, 3.63) is 29.8 Å². The van der Waals surface area contributed by atoms with Crippen LogP contribution in [0.5, 0.6) is 0 Å². The number of halogens is 1. The first kappa shape index (κ1) is 16.9. The van der Waals surface area contributed by atoms with Crippen LogP contribution in [0.4, 0.5) is 4.39 Å². The Kier molecular flexibility index (Phi) is 5.51. The lowest BCUT2D eigenvalue weighted by atomic mass is 9.82. The summed E-state index contributed by atoms with van der Waals surface area (Å²) in [7, 11) is 0. The normalized spacial score (nSPS) is 18.5. The number of aliphatic hydroxyl groups is 1. The van der Waals surface area contributed by atoms with E-state index in [9.17, 15) is 14.3 Å². The number of nitrogens with zero attached hydrogens (tertiary/aromatic N) is 1. The molecule has 0 radical (unpaired) electrons. The highest BCUT2D eigenvalue weighted by Crippen LogP contribution is 2.56. The monoisotopic (exact) mass is 308 g/mol. The summed E-state index contributed by atoms with van der Waals surface area (Å²) in [6, 6.07) is 2.69. The lowest BCUT2D eigenvalue weighted by molar-refractivity contribution is -0.128. The number of hydrogen-bond donors (Lipinski definition) is 2. The van der Waals surface area contributed by atoms with E-state index in [4.69, 9.17) is 0 Å².